The SMILES string of the molecule is C=C/C=C(\CCN(c1ccc(-c2ccc3c(ccc4oc5ccccc5c43)c2)cc1)c1ccc2c(c1)sc1ccccc12)C1=CC=CC2C=CC=CC12. The molecule has 10 rings (SSSR count). The van der Waals surface area contributed by atoms with Crippen LogP contribution < -0.4 is 4.90 Å². The van der Waals surface area contributed by atoms with Gasteiger partial charge in [-0.05, 0) is 88.0 Å². The first-order valence-electron chi connectivity index (χ1n) is 18.4. The molecule has 0 spiro atoms. The van der Waals surface area contributed by atoms with Crippen LogP contribution in [-0.4, -0.2) is 6.54 Å². The zero-order chi connectivity index (χ0) is 35.3. The lowest BCUT2D eigenvalue weighted by atomic mass is 9.76. The monoisotopic (exact) mass is 699 g/mol. The molecule has 2 heterocycles. The normalized spacial score (nSPS) is 16.9. The first-order chi connectivity index (χ1) is 26.2. The number of anilines is 2. The maximum atomic E-state index is 6.17. The Morgan fingerprint density at radius 2 is 1.42 bits per heavy atom. The van der Waals surface area contributed by atoms with Gasteiger partial charge in [0.25, 0.3) is 0 Å². The molecule has 2 aliphatic carbocycles. The van der Waals surface area contributed by atoms with E-state index in [-0.39, 0.29) is 0 Å². The highest BCUT2D eigenvalue weighted by Gasteiger charge is 2.25. The van der Waals surface area contributed by atoms with Gasteiger partial charge in [0.05, 0.1) is 0 Å². The average Bonchev–Trinajstić information content (AvgIpc) is 3.79. The van der Waals surface area contributed by atoms with Gasteiger partial charge in [-0.2, -0.15) is 0 Å². The molecule has 0 saturated heterocycles. The topological polar surface area (TPSA) is 16.4 Å². The molecular weight excluding hydrogens is 663 g/mol. The molecular formula is C50H37NOS. The third-order valence-electron chi connectivity index (χ3n) is 11.0. The zero-order valence-corrected chi connectivity index (χ0v) is 30.1. The van der Waals surface area contributed by atoms with Crippen molar-refractivity contribution in [2.24, 2.45) is 11.8 Å². The molecule has 0 fully saturated rings. The second kappa shape index (κ2) is 13.1. The Kier molecular flexibility index (Phi) is 7.81. The van der Waals surface area contributed by atoms with E-state index >= 15 is 0 Å². The minimum absolute atomic E-state index is 0.351. The smallest absolute Gasteiger partial charge is 0.136 e. The van der Waals surface area contributed by atoms with Crippen LogP contribution >= 0.6 is 11.3 Å². The van der Waals surface area contributed by atoms with E-state index in [1.165, 1.54) is 70.0 Å². The number of hydrogen-bond donors (Lipinski definition) is 0. The van der Waals surface area contributed by atoms with Crippen LogP contribution in [0.1, 0.15) is 6.42 Å². The Morgan fingerprint density at radius 3 is 2.32 bits per heavy atom. The van der Waals surface area contributed by atoms with Crippen molar-refractivity contribution in [2.45, 2.75) is 6.42 Å². The molecule has 2 unspecified atom stereocenters. The quantitative estimate of drug-likeness (QED) is 0.147. The van der Waals surface area contributed by atoms with E-state index in [2.05, 4.69) is 169 Å². The lowest BCUT2D eigenvalue weighted by Gasteiger charge is -2.31. The largest absolute Gasteiger partial charge is 0.456 e. The number of hydrogen-bond acceptors (Lipinski definition) is 3. The maximum Gasteiger partial charge on any atom is 0.136 e. The molecule has 3 heteroatoms. The summed E-state index contributed by atoms with van der Waals surface area (Å²) in [6.45, 7) is 4.94. The number of benzene rings is 6. The summed E-state index contributed by atoms with van der Waals surface area (Å²) < 4.78 is 8.80. The van der Waals surface area contributed by atoms with E-state index in [0.717, 1.165) is 29.5 Å². The first-order valence-corrected chi connectivity index (χ1v) is 19.2. The fourth-order valence-electron chi connectivity index (χ4n) is 8.39. The van der Waals surface area contributed by atoms with E-state index in [1.54, 1.807) is 0 Å². The van der Waals surface area contributed by atoms with Crippen molar-refractivity contribution in [2.75, 3.05) is 11.4 Å². The summed E-state index contributed by atoms with van der Waals surface area (Å²) in [5, 5.41) is 7.41. The molecule has 0 amide bonds. The maximum absolute atomic E-state index is 6.17. The van der Waals surface area contributed by atoms with Gasteiger partial charge in [-0.1, -0.05) is 134 Å². The Hall–Kier alpha value is -6.16. The second-order valence-electron chi connectivity index (χ2n) is 14.0. The minimum atomic E-state index is 0.351. The molecule has 2 nitrogen and oxygen atoms in total. The summed E-state index contributed by atoms with van der Waals surface area (Å²) >= 11 is 1.87. The summed E-state index contributed by atoms with van der Waals surface area (Å²) in [6.07, 6.45) is 20.9. The molecule has 2 aliphatic rings. The fourth-order valence-corrected chi connectivity index (χ4v) is 9.53. The van der Waals surface area contributed by atoms with Gasteiger partial charge >= 0.3 is 0 Å². The predicted octanol–water partition coefficient (Wildman–Crippen LogP) is 14.3. The average molecular weight is 700 g/mol. The Balaban J connectivity index is 1.01. The van der Waals surface area contributed by atoms with Crippen LogP contribution in [0.3, 0.4) is 0 Å². The van der Waals surface area contributed by atoms with E-state index in [0.29, 0.717) is 11.8 Å². The van der Waals surface area contributed by atoms with Gasteiger partial charge in [0.1, 0.15) is 11.2 Å². The van der Waals surface area contributed by atoms with Crippen LogP contribution in [0, 0.1) is 11.8 Å². The van der Waals surface area contributed by atoms with E-state index < -0.39 is 0 Å². The summed E-state index contributed by atoms with van der Waals surface area (Å²) in [6, 6.07) is 44.2. The highest BCUT2D eigenvalue weighted by Crippen LogP contribution is 2.41. The molecule has 0 radical (unpaired) electrons. The van der Waals surface area contributed by atoms with Crippen LogP contribution in [0.2, 0.25) is 0 Å². The number of fused-ring (bicyclic) bond motifs is 9. The molecule has 6 aromatic carbocycles. The highest BCUT2D eigenvalue weighted by molar-refractivity contribution is 7.25. The molecule has 254 valence electrons. The van der Waals surface area contributed by atoms with E-state index in [9.17, 15) is 0 Å². The summed E-state index contributed by atoms with van der Waals surface area (Å²) in [5.41, 5.74) is 9.35. The zero-order valence-electron chi connectivity index (χ0n) is 29.3. The van der Waals surface area contributed by atoms with Gasteiger partial charge in [0.2, 0.25) is 0 Å². The third kappa shape index (κ3) is 5.56. The summed E-state index contributed by atoms with van der Waals surface area (Å²) in [7, 11) is 0. The van der Waals surface area contributed by atoms with Crippen molar-refractivity contribution in [3.8, 4) is 11.1 Å². The minimum Gasteiger partial charge on any atom is -0.456 e. The van der Waals surface area contributed by atoms with Crippen molar-refractivity contribution in [1.82, 2.24) is 0 Å². The Bertz CT molecular complexity index is 2870. The highest BCUT2D eigenvalue weighted by atomic mass is 32.1. The van der Waals surface area contributed by atoms with Gasteiger partial charge in [-0.15, -0.1) is 11.3 Å². The Morgan fingerprint density at radius 1 is 0.660 bits per heavy atom. The molecule has 2 atom stereocenters. The van der Waals surface area contributed by atoms with Gasteiger partial charge in [0.15, 0.2) is 0 Å². The van der Waals surface area contributed by atoms with Crippen molar-refractivity contribution in [3.63, 3.8) is 0 Å². The van der Waals surface area contributed by atoms with Crippen molar-refractivity contribution < 1.29 is 4.42 Å². The lowest BCUT2D eigenvalue weighted by molar-refractivity contribution is 0.623. The molecule has 0 aliphatic heterocycles. The number of thiophene rings is 1. The van der Waals surface area contributed by atoms with Gasteiger partial charge in [0, 0.05) is 60.7 Å². The number of allylic oxidation sites excluding steroid dienone is 10. The predicted molar refractivity (Wildman–Crippen MR) is 228 cm³/mol. The molecule has 0 bridgehead atoms. The molecule has 0 N–H and O–H groups in total. The van der Waals surface area contributed by atoms with Crippen LogP contribution in [0.5, 0.6) is 0 Å². The number of nitrogens with zero attached hydrogens (tertiary/aromatic N) is 1. The van der Waals surface area contributed by atoms with Gasteiger partial charge in [-0.3, -0.25) is 0 Å². The van der Waals surface area contributed by atoms with E-state index in [4.69, 9.17) is 4.42 Å². The van der Waals surface area contributed by atoms with Crippen molar-refractivity contribution in [3.05, 3.63) is 194 Å². The number of para-hydroxylation sites is 1. The summed E-state index contributed by atoms with van der Waals surface area (Å²) in [4.78, 5) is 2.49. The molecule has 8 aromatic rings. The van der Waals surface area contributed by atoms with Crippen molar-refractivity contribution in [1.29, 1.82) is 0 Å². The first kappa shape index (κ1) is 31.6. The number of furan rings is 1. The van der Waals surface area contributed by atoms with Gasteiger partial charge < -0.3 is 9.32 Å². The van der Waals surface area contributed by atoms with Crippen LogP contribution in [0.15, 0.2) is 198 Å². The second-order valence-corrected chi connectivity index (χ2v) is 15.1. The van der Waals surface area contributed by atoms with Crippen LogP contribution in [0.25, 0.3) is 64.0 Å². The van der Waals surface area contributed by atoms with Crippen LogP contribution in [0.4, 0.5) is 11.4 Å². The molecule has 0 saturated carbocycles. The molecule has 53 heavy (non-hydrogen) atoms. The van der Waals surface area contributed by atoms with Gasteiger partial charge in [-0.25, -0.2) is 0 Å². The van der Waals surface area contributed by atoms with Crippen LogP contribution in [-0.2, 0) is 0 Å². The summed E-state index contributed by atoms with van der Waals surface area (Å²) in [5.74, 6) is 0.747. The van der Waals surface area contributed by atoms with E-state index in [1.807, 2.05) is 29.5 Å². The number of rotatable bonds is 8. The third-order valence-corrected chi connectivity index (χ3v) is 12.1. The van der Waals surface area contributed by atoms with Crippen molar-refractivity contribution >= 4 is 75.6 Å². The molecule has 2 aromatic heterocycles. The fraction of sp³-hybridized carbons (Fsp3) is 0.0800. The standard InChI is InChI=1S/C50H37NOS/c1-2-10-34(41-16-9-12-35-11-3-4-13-40(35)41)29-30-51(39-25-27-44-43-14-6-8-18-48(43)53-49(44)32-39)38-23-19-33(20-24-38)36-21-26-42-37(31-36)22-28-47-50(42)45-15-5-7-17-46(45)52-47/h2-28,31-32,35,40H,1,29-30H2/b34-10+. The lowest BCUT2D eigenvalue weighted by Crippen LogP contribution is -2.22. The Labute approximate surface area is 313 Å².